The highest BCUT2D eigenvalue weighted by atomic mass is 16.2. The number of imide groups is 1. The van der Waals surface area contributed by atoms with E-state index in [9.17, 15) is 14.4 Å². The lowest BCUT2D eigenvalue weighted by molar-refractivity contribution is -0.138. The maximum atomic E-state index is 12.8. The van der Waals surface area contributed by atoms with Crippen LogP contribution in [0.15, 0.2) is 24.3 Å². The SMILES string of the molecule is O=C(C1CCCN(CCN2C(=O)c3ccccc3C2=O)C1)N1CCNCC1. The van der Waals surface area contributed by atoms with E-state index in [4.69, 9.17) is 0 Å². The summed E-state index contributed by atoms with van der Waals surface area (Å²) in [4.78, 5) is 43.2. The number of carbonyl (C=O) groups is 3. The molecule has 0 radical (unpaired) electrons. The van der Waals surface area contributed by atoms with Crippen molar-refractivity contribution < 1.29 is 14.4 Å². The third kappa shape index (κ3) is 3.61. The van der Waals surface area contributed by atoms with Gasteiger partial charge in [-0.25, -0.2) is 0 Å². The van der Waals surface area contributed by atoms with Crippen molar-refractivity contribution in [2.24, 2.45) is 5.92 Å². The van der Waals surface area contributed by atoms with Crippen LogP contribution < -0.4 is 5.32 Å². The minimum atomic E-state index is -0.207. The molecule has 3 heterocycles. The molecule has 144 valence electrons. The largest absolute Gasteiger partial charge is 0.340 e. The number of benzene rings is 1. The van der Waals surface area contributed by atoms with Crippen LogP contribution in [0.25, 0.3) is 0 Å². The van der Waals surface area contributed by atoms with E-state index in [2.05, 4.69) is 10.2 Å². The molecule has 1 unspecified atom stereocenters. The number of rotatable bonds is 4. The minimum absolute atomic E-state index is 0.0269. The van der Waals surface area contributed by atoms with E-state index in [0.29, 0.717) is 30.8 Å². The molecule has 7 heteroatoms. The van der Waals surface area contributed by atoms with Gasteiger partial charge in [-0.2, -0.15) is 0 Å². The number of amides is 3. The Bertz CT molecular complexity index is 709. The van der Waals surface area contributed by atoms with Gasteiger partial charge in [0.25, 0.3) is 11.8 Å². The van der Waals surface area contributed by atoms with Gasteiger partial charge in [-0.3, -0.25) is 19.3 Å². The van der Waals surface area contributed by atoms with Crippen LogP contribution in [0.5, 0.6) is 0 Å². The molecular formula is C20H26N4O3. The Kier molecular flexibility index (Phi) is 5.22. The van der Waals surface area contributed by atoms with Crippen LogP contribution in [0.3, 0.4) is 0 Å². The van der Waals surface area contributed by atoms with E-state index in [-0.39, 0.29) is 23.6 Å². The summed E-state index contributed by atoms with van der Waals surface area (Å²) >= 11 is 0. The Hall–Kier alpha value is -2.25. The quantitative estimate of drug-likeness (QED) is 0.778. The Balaban J connectivity index is 1.33. The molecule has 0 bridgehead atoms. The molecule has 1 aromatic carbocycles. The Morgan fingerprint density at radius 2 is 1.67 bits per heavy atom. The number of nitrogens with one attached hydrogen (secondary N) is 1. The van der Waals surface area contributed by atoms with Gasteiger partial charge in [0.15, 0.2) is 0 Å². The second kappa shape index (κ2) is 7.78. The summed E-state index contributed by atoms with van der Waals surface area (Å²) in [5.74, 6) is -0.136. The maximum Gasteiger partial charge on any atom is 0.261 e. The first-order chi connectivity index (χ1) is 13.1. The van der Waals surface area contributed by atoms with Crippen LogP contribution in [0.4, 0.5) is 0 Å². The van der Waals surface area contributed by atoms with Crippen molar-refractivity contribution in [3.63, 3.8) is 0 Å². The summed E-state index contributed by atoms with van der Waals surface area (Å²) in [6.45, 7) is 5.91. The highest BCUT2D eigenvalue weighted by Gasteiger charge is 2.36. The highest BCUT2D eigenvalue weighted by Crippen LogP contribution is 2.23. The zero-order valence-corrected chi connectivity index (χ0v) is 15.5. The van der Waals surface area contributed by atoms with Gasteiger partial charge in [-0.1, -0.05) is 12.1 Å². The fourth-order valence-corrected chi connectivity index (χ4v) is 4.29. The molecule has 0 spiro atoms. The molecule has 2 saturated heterocycles. The normalized spacial score (nSPS) is 23.6. The molecule has 3 aliphatic rings. The van der Waals surface area contributed by atoms with Gasteiger partial charge in [0, 0.05) is 45.8 Å². The number of hydrogen-bond donors (Lipinski definition) is 1. The Morgan fingerprint density at radius 3 is 2.33 bits per heavy atom. The molecule has 7 nitrogen and oxygen atoms in total. The van der Waals surface area contributed by atoms with Crippen LogP contribution >= 0.6 is 0 Å². The number of nitrogens with zero attached hydrogens (tertiary/aromatic N) is 3. The van der Waals surface area contributed by atoms with Crippen LogP contribution in [-0.4, -0.2) is 84.8 Å². The van der Waals surface area contributed by atoms with Crippen LogP contribution in [-0.2, 0) is 4.79 Å². The molecule has 1 atom stereocenters. The number of carbonyl (C=O) groups excluding carboxylic acids is 3. The summed E-state index contributed by atoms with van der Waals surface area (Å²) in [5.41, 5.74) is 0.987. The van der Waals surface area contributed by atoms with Gasteiger partial charge in [0.1, 0.15) is 0 Å². The third-order valence-electron chi connectivity index (χ3n) is 5.80. The fraction of sp³-hybridized carbons (Fsp3) is 0.550. The number of hydrogen-bond acceptors (Lipinski definition) is 5. The molecule has 1 N–H and O–H groups in total. The molecule has 0 aromatic heterocycles. The van der Waals surface area contributed by atoms with E-state index in [1.165, 1.54) is 4.90 Å². The molecule has 4 rings (SSSR count). The van der Waals surface area contributed by atoms with Crippen molar-refractivity contribution in [3.8, 4) is 0 Å². The topological polar surface area (TPSA) is 73.0 Å². The molecule has 1 aromatic rings. The summed E-state index contributed by atoms with van der Waals surface area (Å²) in [7, 11) is 0. The van der Waals surface area contributed by atoms with Crippen LogP contribution in [0, 0.1) is 5.92 Å². The highest BCUT2D eigenvalue weighted by molar-refractivity contribution is 6.21. The van der Waals surface area contributed by atoms with Crippen molar-refractivity contribution in [1.82, 2.24) is 20.0 Å². The van der Waals surface area contributed by atoms with Crippen molar-refractivity contribution in [2.45, 2.75) is 12.8 Å². The molecule has 3 aliphatic heterocycles. The maximum absolute atomic E-state index is 12.8. The summed E-state index contributed by atoms with van der Waals surface area (Å²) in [6.07, 6.45) is 1.90. The zero-order chi connectivity index (χ0) is 18.8. The summed E-state index contributed by atoms with van der Waals surface area (Å²) in [5, 5.41) is 3.28. The van der Waals surface area contributed by atoms with Gasteiger partial charge in [-0.15, -0.1) is 0 Å². The first kappa shape index (κ1) is 18.1. The van der Waals surface area contributed by atoms with Gasteiger partial charge >= 0.3 is 0 Å². The molecular weight excluding hydrogens is 344 g/mol. The van der Waals surface area contributed by atoms with Gasteiger partial charge in [-0.05, 0) is 31.5 Å². The minimum Gasteiger partial charge on any atom is -0.340 e. The Morgan fingerprint density at radius 1 is 1.00 bits per heavy atom. The smallest absolute Gasteiger partial charge is 0.261 e. The molecule has 2 fully saturated rings. The lowest BCUT2D eigenvalue weighted by Gasteiger charge is -2.36. The lowest BCUT2D eigenvalue weighted by atomic mass is 9.96. The van der Waals surface area contributed by atoms with Gasteiger partial charge in [0.05, 0.1) is 17.0 Å². The van der Waals surface area contributed by atoms with Gasteiger partial charge in [0.2, 0.25) is 5.91 Å². The van der Waals surface area contributed by atoms with Crippen LogP contribution in [0.1, 0.15) is 33.6 Å². The number of piperazine rings is 1. The molecule has 27 heavy (non-hydrogen) atoms. The van der Waals surface area contributed by atoms with E-state index in [1.807, 2.05) is 4.90 Å². The average molecular weight is 370 g/mol. The number of piperidine rings is 1. The van der Waals surface area contributed by atoms with Crippen molar-refractivity contribution in [2.75, 3.05) is 52.4 Å². The number of likely N-dealkylation sites (tertiary alicyclic amines) is 1. The molecule has 3 amide bonds. The second-order valence-corrected chi connectivity index (χ2v) is 7.52. The average Bonchev–Trinajstić information content (AvgIpc) is 2.97. The zero-order valence-electron chi connectivity index (χ0n) is 15.5. The van der Waals surface area contributed by atoms with Crippen molar-refractivity contribution in [3.05, 3.63) is 35.4 Å². The lowest BCUT2D eigenvalue weighted by Crippen LogP contribution is -2.51. The van der Waals surface area contributed by atoms with E-state index < -0.39 is 0 Å². The monoisotopic (exact) mass is 370 g/mol. The summed E-state index contributed by atoms with van der Waals surface area (Å²) in [6, 6.07) is 6.98. The van der Waals surface area contributed by atoms with Gasteiger partial charge < -0.3 is 15.1 Å². The molecule has 0 aliphatic carbocycles. The second-order valence-electron chi connectivity index (χ2n) is 7.52. The predicted octanol–water partition coefficient (Wildman–Crippen LogP) is 0.426. The van der Waals surface area contributed by atoms with Crippen molar-refractivity contribution >= 4 is 17.7 Å². The fourth-order valence-electron chi connectivity index (χ4n) is 4.29. The first-order valence-electron chi connectivity index (χ1n) is 9.82. The third-order valence-corrected chi connectivity index (χ3v) is 5.80. The summed E-state index contributed by atoms with van der Waals surface area (Å²) < 4.78 is 0. The molecule has 0 saturated carbocycles. The predicted molar refractivity (Wildman–Crippen MR) is 100 cm³/mol. The Labute approximate surface area is 159 Å². The first-order valence-corrected chi connectivity index (χ1v) is 9.82. The number of fused-ring (bicyclic) bond motifs is 1. The standard InChI is InChI=1S/C20H26N4O3/c25-18(23-10-7-21-8-11-23)15-4-3-9-22(14-15)12-13-24-19(26)16-5-1-2-6-17(16)20(24)27/h1-2,5-6,15,21H,3-4,7-14H2. The van der Waals surface area contributed by atoms with Crippen molar-refractivity contribution in [1.29, 1.82) is 0 Å². The van der Waals surface area contributed by atoms with E-state index in [0.717, 1.165) is 45.6 Å². The van der Waals surface area contributed by atoms with E-state index >= 15 is 0 Å². The van der Waals surface area contributed by atoms with Crippen LogP contribution in [0.2, 0.25) is 0 Å². The van der Waals surface area contributed by atoms with E-state index in [1.54, 1.807) is 24.3 Å².